The minimum absolute atomic E-state index is 0.216. The summed E-state index contributed by atoms with van der Waals surface area (Å²) in [5.41, 5.74) is 0.374. The summed E-state index contributed by atoms with van der Waals surface area (Å²) in [4.78, 5) is 0.216. The molecule has 0 bridgehead atoms. The molecule has 2 rings (SSSR count). The Hall–Kier alpha value is -1.38. The van der Waals surface area contributed by atoms with Gasteiger partial charge in [-0.05, 0) is 36.5 Å². The van der Waals surface area contributed by atoms with E-state index in [1.54, 1.807) is 22.5 Å². The van der Waals surface area contributed by atoms with E-state index in [9.17, 15) is 8.42 Å². The van der Waals surface area contributed by atoms with Crippen molar-refractivity contribution in [1.82, 2.24) is 4.31 Å². The highest BCUT2D eigenvalue weighted by Gasteiger charge is 2.31. The molecule has 1 aliphatic rings. The van der Waals surface area contributed by atoms with Crippen LogP contribution in [-0.2, 0) is 10.0 Å². The van der Waals surface area contributed by atoms with Crippen LogP contribution in [0.2, 0.25) is 0 Å². The Bertz CT molecular complexity index is 594. The molecule has 0 unspecified atom stereocenters. The van der Waals surface area contributed by atoms with Crippen molar-refractivity contribution >= 4 is 10.0 Å². The van der Waals surface area contributed by atoms with Gasteiger partial charge in [-0.3, -0.25) is 0 Å². The maximum absolute atomic E-state index is 12.6. The third kappa shape index (κ3) is 2.96. The number of hydrogen-bond acceptors (Lipinski definition) is 3. The summed E-state index contributed by atoms with van der Waals surface area (Å²) in [5, 5.41) is 8.86. The third-order valence-corrected chi connectivity index (χ3v) is 5.26. The first kappa shape index (κ1) is 14.0. The Morgan fingerprint density at radius 2 is 1.89 bits per heavy atom. The molecule has 1 saturated heterocycles. The molecule has 1 aromatic carbocycles. The van der Waals surface area contributed by atoms with E-state index in [1.807, 2.05) is 6.07 Å². The van der Waals surface area contributed by atoms with E-state index in [2.05, 4.69) is 13.8 Å². The average molecular weight is 278 g/mol. The van der Waals surface area contributed by atoms with Crippen LogP contribution < -0.4 is 0 Å². The van der Waals surface area contributed by atoms with Crippen molar-refractivity contribution in [1.29, 1.82) is 5.26 Å². The fourth-order valence-electron chi connectivity index (χ4n) is 2.68. The van der Waals surface area contributed by atoms with Gasteiger partial charge in [0.25, 0.3) is 0 Å². The van der Waals surface area contributed by atoms with Crippen LogP contribution >= 0.6 is 0 Å². The molecular weight excluding hydrogens is 260 g/mol. The predicted molar refractivity (Wildman–Crippen MR) is 72.9 cm³/mol. The van der Waals surface area contributed by atoms with Gasteiger partial charge >= 0.3 is 0 Å². The molecule has 102 valence electrons. The van der Waals surface area contributed by atoms with Gasteiger partial charge in [0.15, 0.2) is 0 Å². The van der Waals surface area contributed by atoms with E-state index in [-0.39, 0.29) is 4.90 Å². The molecule has 0 spiro atoms. The molecule has 0 aromatic heterocycles. The van der Waals surface area contributed by atoms with Gasteiger partial charge in [-0.15, -0.1) is 0 Å². The van der Waals surface area contributed by atoms with Crippen LogP contribution in [0, 0.1) is 23.2 Å². The molecule has 2 atom stereocenters. The molecular formula is C14H18N2O2S. The van der Waals surface area contributed by atoms with Crippen molar-refractivity contribution in [2.75, 3.05) is 13.1 Å². The highest BCUT2D eigenvalue weighted by Crippen LogP contribution is 2.26. The van der Waals surface area contributed by atoms with Crippen LogP contribution in [0.1, 0.15) is 25.8 Å². The molecule has 0 N–H and O–H groups in total. The lowest BCUT2D eigenvalue weighted by atomic mass is 9.94. The first-order chi connectivity index (χ1) is 8.93. The number of hydrogen-bond donors (Lipinski definition) is 0. The Kier molecular flexibility index (Phi) is 3.93. The molecule has 0 saturated carbocycles. The van der Waals surface area contributed by atoms with Crippen molar-refractivity contribution in [3.05, 3.63) is 29.8 Å². The minimum Gasteiger partial charge on any atom is -0.207 e. The van der Waals surface area contributed by atoms with E-state index >= 15 is 0 Å². The van der Waals surface area contributed by atoms with E-state index in [4.69, 9.17) is 5.26 Å². The van der Waals surface area contributed by atoms with Crippen LogP contribution in [0.4, 0.5) is 0 Å². The van der Waals surface area contributed by atoms with Gasteiger partial charge in [-0.1, -0.05) is 19.9 Å². The molecule has 0 aliphatic carbocycles. The number of rotatable bonds is 2. The first-order valence-corrected chi connectivity index (χ1v) is 7.88. The van der Waals surface area contributed by atoms with Crippen LogP contribution in [0.25, 0.3) is 0 Å². The Morgan fingerprint density at radius 3 is 2.47 bits per heavy atom. The average Bonchev–Trinajstić information content (AvgIpc) is 2.37. The lowest BCUT2D eigenvalue weighted by Crippen LogP contribution is -2.42. The molecule has 0 radical (unpaired) electrons. The van der Waals surface area contributed by atoms with Gasteiger partial charge in [0.2, 0.25) is 10.0 Å². The van der Waals surface area contributed by atoms with Gasteiger partial charge in [-0.25, -0.2) is 8.42 Å². The summed E-state index contributed by atoms with van der Waals surface area (Å²) >= 11 is 0. The highest BCUT2D eigenvalue weighted by molar-refractivity contribution is 7.89. The van der Waals surface area contributed by atoms with Crippen LogP contribution in [0.3, 0.4) is 0 Å². The normalized spacial score (nSPS) is 24.9. The second-order valence-corrected chi connectivity index (χ2v) is 7.35. The second kappa shape index (κ2) is 5.32. The molecule has 0 amide bonds. The fourth-order valence-corrected chi connectivity index (χ4v) is 4.40. The smallest absolute Gasteiger partial charge is 0.207 e. The van der Waals surface area contributed by atoms with Gasteiger partial charge in [-0.2, -0.15) is 9.57 Å². The molecule has 1 aromatic rings. The Balaban J connectivity index is 2.34. The number of nitriles is 1. The fraction of sp³-hybridized carbons (Fsp3) is 0.500. The molecule has 4 nitrogen and oxygen atoms in total. The number of nitrogens with zero attached hydrogens (tertiary/aromatic N) is 2. The SMILES string of the molecule is C[C@H]1C[C@H](C)CN(S(=O)(=O)c2cccc(C#N)c2)C1. The van der Waals surface area contributed by atoms with Crippen LogP contribution in [-0.4, -0.2) is 25.8 Å². The summed E-state index contributed by atoms with van der Waals surface area (Å²) in [6, 6.07) is 8.20. The van der Waals surface area contributed by atoms with Gasteiger partial charge < -0.3 is 0 Å². The summed E-state index contributed by atoms with van der Waals surface area (Å²) in [7, 11) is -3.48. The van der Waals surface area contributed by atoms with Crippen LogP contribution in [0.15, 0.2) is 29.2 Å². The summed E-state index contributed by atoms with van der Waals surface area (Å²) in [6.45, 7) is 5.26. The molecule has 5 heteroatoms. The Morgan fingerprint density at radius 1 is 1.26 bits per heavy atom. The number of benzene rings is 1. The molecule has 1 heterocycles. The first-order valence-electron chi connectivity index (χ1n) is 6.44. The number of sulfonamides is 1. The van der Waals surface area contributed by atoms with E-state index in [0.717, 1.165) is 6.42 Å². The molecule has 1 aliphatic heterocycles. The topological polar surface area (TPSA) is 61.2 Å². The van der Waals surface area contributed by atoms with Gasteiger partial charge in [0.1, 0.15) is 0 Å². The summed E-state index contributed by atoms with van der Waals surface area (Å²) in [5.74, 6) is 0.746. The quantitative estimate of drug-likeness (QED) is 0.833. The van der Waals surface area contributed by atoms with Crippen molar-refractivity contribution in [3.8, 4) is 6.07 Å². The van der Waals surface area contributed by atoms with Gasteiger partial charge in [0.05, 0.1) is 16.5 Å². The zero-order chi connectivity index (χ0) is 14.0. The zero-order valence-corrected chi connectivity index (χ0v) is 12.0. The monoisotopic (exact) mass is 278 g/mol. The maximum atomic E-state index is 12.6. The maximum Gasteiger partial charge on any atom is 0.243 e. The molecule has 1 fully saturated rings. The summed E-state index contributed by atoms with van der Waals surface area (Å²) < 4.78 is 26.7. The zero-order valence-electron chi connectivity index (χ0n) is 11.2. The van der Waals surface area contributed by atoms with Crippen LogP contribution in [0.5, 0.6) is 0 Å². The van der Waals surface area contributed by atoms with E-state index in [0.29, 0.717) is 30.5 Å². The highest BCUT2D eigenvalue weighted by atomic mass is 32.2. The van der Waals surface area contributed by atoms with Crippen molar-refractivity contribution in [2.45, 2.75) is 25.2 Å². The van der Waals surface area contributed by atoms with E-state index in [1.165, 1.54) is 6.07 Å². The lowest BCUT2D eigenvalue weighted by molar-refractivity contribution is 0.222. The standard InChI is InChI=1S/C14H18N2O2S/c1-11-6-12(2)10-16(9-11)19(17,18)14-5-3-4-13(7-14)8-15/h3-5,7,11-12H,6,9-10H2,1-2H3/t11-,12-/m0/s1. The third-order valence-electron chi connectivity index (χ3n) is 3.44. The van der Waals surface area contributed by atoms with Crippen molar-refractivity contribution in [2.24, 2.45) is 11.8 Å². The van der Waals surface area contributed by atoms with Gasteiger partial charge in [0, 0.05) is 13.1 Å². The lowest BCUT2D eigenvalue weighted by Gasteiger charge is -2.34. The Labute approximate surface area is 114 Å². The summed E-state index contributed by atoms with van der Waals surface area (Å²) in [6.07, 6.45) is 1.06. The minimum atomic E-state index is -3.48. The molecule has 19 heavy (non-hydrogen) atoms. The largest absolute Gasteiger partial charge is 0.243 e. The van der Waals surface area contributed by atoms with Crippen molar-refractivity contribution < 1.29 is 8.42 Å². The predicted octanol–water partition coefficient (Wildman–Crippen LogP) is 2.22. The van der Waals surface area contributed by atoms with E-state index < -0.39 is 10.0 Å². The second-order valence-electron chi connectivity index (χ2n) is 5.41. The number of piperidine rings is 1. The van der Waals surface area contributed by atoms with Crippen molar-refractivity contribution in [3.63, 3.8) is 0 Å².